The van der Waals surface area contributed by atoms with Gasteiger partial charge in [0.2, 0.25) is 0 Å². The van der Waals surface area contributed by atoms with Gasteiger partial charge in [-0.15, -0.1) is 0 Å². The fourth-order valence-electron chi connectivity index (χ4n) is 4.41. The lowest BCUT2D eigenvalue weighted by atomic mass is 9.86. The van der Waals surface area contributed by atoms with Crippen LogP contribution in [0, 0.1) is 6.92 Å². The third-order valence-electron chi connectivity index (χ3n) is 6.35. The Morgan fingerprint density at radius 2 is 1.69 bits per heavy atom. The van der Waals surface area contributed by atoms with Crippen LogP contribution in [0.2, 0.25) is 0 Å². The first-order valence-corrected chi connectivity index (χ1v) is 11.1. The molecule has 4 rings (SSSR count). The smallest absolute Gasteiger partial charge is 0.264 e. The Morgan fingerprint density at radius 3 is 2.41 bits per heavy atom. The molecule has 0 saturated heterocycles. The van der Waals surface area contributed by atoms with Crippen molar-refractivity contribution in [1.29, 1.82) is 0 Å². The van der Waals surface area contributed by atoms with Crippen molar-refractivity contribution in [2.45, 2.75) is 45.1 Å². The number of carbonyl (C=O) groups excluding carboxylic acids is 2. The van der Waals surface area contributed by atoms with Crippen molar-refractivity contribution in [2.24, 2.45) is 0 Å². The van der Waals surface area contributed by atoms with Gasteiger partial charge in [-0.3, -0.25) is 9.59 Å². The summed E-state index contributed by atoms with van der Waals surface area (Å²) >= 11 is 0. The summed E-state index contributed by atoms with van der Waals surface area (Å²) in [4.78, 5) is 28.4. The zero-order valence-electron chi connectivity index (χ0n) is 18.8. The molecule has 1 atom stereocenters. The van der Waals surface area contributed by atoms with E-state index in [9.17, 15) is 14.7 Å². The van der Waals surface area contributed by atoms with E-state index in [4.69, 9.17) is 0 Å². The number of benzene rings is 3. The van der Waals surface area contributed by atoms with Crippen LogP contribution in [0.25, 0.3) is 0 Å². The minimum Gasteiger partial charge on any atom is -0.375 e. The summed E-state index contributed by atoms with van der Waals surface area (Å²) in [5.74, 6) is -0.367. The number of hydrogen-bond donors (Lipinski definition) is 1. The van der Waals surface area contributed by atoms with E-state index in [-0.39, 0.29) is 18.1 Å². The van der Waals surface area contributed by atoms with Crippen LogP contribution < -0.4 is 4.90 Å². The van der Waals surface area contributed by atoms with Crippen LogP contribution in [0.1, 0.15) is 58.8 Å². The van der Waals surface area contributed by atoms with Crippen LogP contribution in [-0.4, -0.2) is 23.3 Å². The number of nitrogens with zero attached hydrogens (tertiary/aromatic N) is 1. The molecule has 0 spiro atoms. The molecule has 0 bridgehead atoms. The first kappa shape index (κ1) is 22.0. The Kier molecular flexibility index (Phi) is 5.98. The quantitative estimate of drug-likeness (QED) is 0.529. The van der Waals surface area contributed by atoms with Crippen LogP contribution in [0.3, 0.4) is 0 Å². The molecule has 1 aliphatic rings. The highest BCUT2D eigenvalue weighted by atomic mass is 16.3. The second kappa shape index (κ2) is 8.71. The third kappa shape index (κ3) is 3.98. The lowest BCUT2D eigenvalue weighted by Gasteiger charge is -2.23. The normalized spacial score (nSPS) is 17.7. The summed E-state index contributed by atoms with van der Waals surface area (Å²) in [6, 6.07) is 23.0. The molecule has 32 heavy (non-hydrogen) atoms. The van der Waals surface area contributed by atoms with Gasteiger partial charge in [0, 0.05) is 17.7 Å². The van der Waals surface area contributed by atoms with E-state index < -0.39 is 11.5 Å². The monoisotopic (exact) mass is 427 g/mol. The van der Waals surface area contributed by atoms with Gasteiger partial charge in [-0.2, -0.15) is 0 Å². The number of Topliss-reactive ketones (excluding diaryl/α,β-unsaturated/α-hetero) is 1. The topological polar surface area (TPSA) is 57.6 Å². The second-order valence-electron chi connectivity index (χ2n) is 8.90. The first-order valence-electron chi connectivity index (χ1n) is 11.1. The van der Waals surface area contributed by atoms with Crippen LogP contribution in [0.5, 0.6) is 0 Å². The van der Waals surface area contributed by atoms with Crippen molar-refractivity contribution < 1.29 is 14.7 Å². The molecule has 3 aromatic carbocycles. The Bertz CT molecular complexity index is 1150. The maximum Gasteiger partial charge on any atom is 0.264 e. The lowest BCUT2D eigenvalue weighted by Crippen LogP contribution is -2.42. The molecule has 1 aliphatic heterocycles. The largest absolute Gasteiger partial charge is 0.375 e. The molecule has 164 valence electrons. The standard InChI is InChI=1S/C28H29NO3/c1-19(2)22-14-13-20(3)23(17-22)26(30)18-28(32)24-11-7-8-12-25(24)29(27(28)31)16-15-21-9-5-4-6-10-21/h4-14,17,19,32H,15-16,18H2,1-3H3. The molecule has 4 nitrogen and oxygen atoms in total. The Morgan fingerprint density at radius 1 is 1.00 bits per heavy atom. The number of aliphatic hydroxyl groups is 1. The fraction of sp³-hybridized carbons (Fsp3) is 0.286. The summed E-state index contributed by atoms with van der Waals surface area (Å²) < 4.78 is 0. The predicted molar refractivity (Wildman–Crippen MR) is 127 cm³/mol. The van der Waals surface area contributed by atoms with Crippen LogP contribution >= 0.6 is 0 Å². The summed E-state index contributed by atoms with van der Waals surface area (Å²) in [5.41, 5.74) is 2.92. The van der Waals surface area contributed by atoms with E-state index in [1.165, 1.54) is 0 Å². The fourth-order valence-corrected chi connectivity index (χ4v) is 4.41. The second-order valence-corrected chi connectivity index (χ2v) is 8.90. The number of para-hydroxylation sites is 1. The van der Waals surface area contributed by atoms with Crippen LogP contribution in [-0.2, 0) is 16.8 Å². The number of aryl methyl sites for hydroxylation is 1. The molecule has 0 radical (unpaired) electrons. The number of fused-ring (bicyclic) bond motifs is 1. The van der Waals surface area contributed by atoms with Gasteiger partial charge in [0.1, 0.15) is 0 Å². The Hall–Kier alpha value is -3.24. The van der Waals surface area contributed by atoms with E-state index >= 15 is 0 Å². The Balaban J connectivity index is 1.63. The lowest BCUT2D eigenvalue weighted by molar-refractivity contribution is -0.135. The predicted octanol–water partition coefficient (Wildman–Crippen LogP) is 5.17. The van der Waals surface area contributed by atoms with E-state index in [1.54, 1.807) is 17.0 Å². The maximum atomic E-state index is 13.5. The number of amides is 1. The van der Waals surface area contributed by atoms with Crippen molar-refractivity contribution in [3.05, 3.63) is 101 Å². The molecule has 1 heterocycles. The molecule has 1 unspecified atom stereocenters. The minimum atomic E-state index is -1.86. The van der Waals surface area contributed by atoms with Gasteiger partial charge in [0.25, 0.3) is 5.91 Å². The van der Waals surface area contributed by atoms with Crippen LogP contribution in [0.4, 0.5) is 5.69 Å². The number of anilines is 1. The molecule has 1 N–H and O–H groups in total. The molecule has 3 aromatic rings. The highest BCUT2D eigenvalue weighted by Gasteiger charge is 2.50. The van der Waals surface area contributed by atoms with Gasteiger partial charge in [0.15, 0.2) is 11.4 Å². The van der Waals surface area contributed by atoms with Gasteiger partial charge in [-0.1, -0.05) is 74.5 Å². The van der Waals surface area contributed by atoms with Crippen molar-refractivity contribution in [3.63, 3.8) is 0 Å². The summed E-state index contributed by atoms with van der Waals surface area (Å²) in [5, 5.41) is 11.6. The molecule has 4 heteroatoms. The van der Waals surface area contributed by atoms with E-state index in [0.29, 0.717) is 29.8 Å². The average Bonchev–Trinajstić information content (AvgIpc) is 3.00. The van der Waals surface area contributed by atoms with Crippen molar-refractivity contribution in [2.75, 3.05) is 11.4 Å². The van der Waals surface area contributed by atoms with E-state index in [1.807, 2.05) is 67.6 Å². The molecule has 0 saturated carbocycles. The number of hydrogen-bond acceptors (Lipinski definition) is 3. The van der Waals surface area contributed by atoms with E-state index in [0.717, 1.165) is 16.7 Å². The highest BCUT2D eigenvalue weighted by Crippen LogP contribution is 2.43. The van der Waals surface area contributed by atoms with Gasteiger partial charge in [0.05, 0.1) is 12.1 Å². The van der Waals surface area contributed by atoms with Crippen molar-refractivity contribution in [1.82, 2.24) is 0 Å². The zero-order valence-corrected chi connectivity index (χ0v) is 18.8. The molecular weight excluding hydrogens is 398 g/mol. The zero-order chi connectivity index (χ0) is 22.9. The first-order chi connectivity index (χ1) is 15.3. The van der Waals surface area contributed by atoms with E-state index in [2.05, 4.69) is 13.8 Å². The molecular formula is C28H29NO3. The summed E-state index contributed by atoms with van der Waals surface area (Å²) in [7, 11) is 0. The number of carbonyl (C=O) groups is 2. The van der Waals surface area contributed by atoms with Crippen molar-refractivity contribution >= 4 is 17.4 Å². The van der Waals surface area contributed by atoms with Gasteiger partial charge in [-0.25, -0.2) is 0 Å². The van der Waals surface area contributed by atoms with Crippen molar-refractivity contribution in [3.8, 4) is 0 Å². The van der Waals surface area contributed by atoms with Gasteiger partial charge < -0.3 is 10.0 Å². The summed E-state index contributed by atoms with van der Waals surface area (Å²) in [6.45, 7) is 6.48. The molecule has 0 fully saturated rings. The maximum absolute atomic E-state index is 13.5. The minimum absolute atomic E-state index is 0.222. The average molecular weight is 428 g/mol. The Labute approximate surface area is 189 Å². The molecule has 1 amide bonds. The summed E-state index contributed by atoms with van der Waals surface area (Å²) in [6.07, 6.45) is 0.396. The molecule has 0 aromatic heterocycles. The van der Waals surface area contributed by atoms with Gasteiger partial charge >= 0.3 is 0 Å². The van der Waals surface area contributed by atoms with Gasteiger partial charge in [-0.05, 0) is 48.1 Å². The SMILES string of the molecule is Cc1ccc(C(C)C)cc1C(=O)CC1(O)C(=O)N(CCc2ccccc2)c2ccccc21. The third-order valence-corrected chi connectivity index (χ3v) is 6.35. The van der Waals surface area contributed by atoms with Crippen LogP contribution in [0.15, 0.2) is 72.8 Å². The molecule has 0 aliphatic carbocycles. The number of rotatable bonds is 7. The number of ketones is 1. The highest BCUT2D eigenvalue weighted by molar-refractivity contribution is 6.11.